The molecular formula is C18H18N4O2S2. The van der Waals surface area contributed by atoms with Crippen LogP contribution in [0.5, 0.6) is 0 Å². The molecule has 0 aliphatic heterocycles. The van der Waals surface area contributed by atoms with Crippen LogP contribution < -0.4 is 11.0 Å². The molecular weight excluding hydrogens is 368 g/mol. The van der Waals surface area contributed by atoms with E-state index in [9.17, 15) is 9.59 Å². The lowest BCUT2D eigenvalue weighted by Gasteiger charge is -2.07. The summed E-state index contributed by atoms with van der Waals surface area (Å²) in [6.07, 6.45) is 2.00. The summed E-state index contributed by atoms with van der Waals surface area (Å²) >= 11 is 2.87. The largest absolute Gasteiger partial charge is 0.344 e. The van der Waals surface area contributed by atoms with E-state index < -0.39 is 0 Å². The van der Waals surface area contributed by atoms with Gasteiger partial charge in [-0.2, -0.15) is 0 Å². The van der Waals surface area contributed by atoms with Crippen LogP contribution in [0.4, 0.5) is 5.69 Å². The van der Waals surface area contributed by atoms with Crippen molar-refractivity contribution in [2.24, 2.45) is 0 Å². The number of hydrogen-bond donors (Lipinski definition) is 2. The number of carbonyl (C=O) groups excluding carboxylic acids is 1. The maximum absolute atomic E-state index is 12.2. The molecule has 3 rings (SSSR count). The average Bonchev–Trinajstić information content (AvgIpc) is 3.01. The van der Waals surface area contributed by atoms with Gasteiger partial charge >= 0.3 is 5.69 Å². The van der Waals surface area contributed by atoms with Crippen LogP contribution in [0.25, 0.3) is 0 Å². The molecule has 0 spiro atoms. The number of H-pyrrole nitrogens is 1. The smallest absolute Gasteiger partial charge is 0.325 e. The van der Waals surface area contributed by atoms with Gasteiger partial charge in [-0.15, -0.1) is 16.9 Å². The van der Waals surface area contributed by atoms with E-state index in [0.717, 1.165) is 16.1 Å². The van der Waals surface area contributed by atoms with E-state index in [2.05, 4.69) is 15.5 Å². The molecule has 6 nitrogen and oxygen atoms in total. The zero-order chi connectivity index (χ0) is 18.4. The molecule has 8 heteroatoms. The maximum atomic E-state index is 12.2. The minimum Gasteiger partial charge on any atom is -0.325 e. The standard InChI is InChI=1S/C18H18N4O2S2/c1-25-15-9-7-14(8-10-15)19-16(23)12-26-18-21-20-17(24)22(18)11-13-5-3-2-4-6-13/h2-10H,11-12H2,1H3,(H,19,23)(H,20,24). The van der Waals surface area contributed by atoms with Gasteiger partial charge in [-0.3, -0.25) is 9.36 Å². The maximum Gasteiger partial charge on any atom is 0.344 e. The number of aromatic nitrogens is 3. The van der Waals surface area contributed by atoms with Crippen molar-refractivity contribution in [3.05, 3.63) is 70.6 Å². The Morgan fingerprint density at radius 2 is 1.88 bits per heavy atom. The Morgan fingerprint density at radius 3 is 2.58 bits per heavy atom. The van der Waals surface area contributed by atoms with Crippen LogP contribution >= 0.6 is 23.5 Å². The first kappa shape index (κ1) is 18.3. The molecule has 0 bridgehead atoms. The number of nitrogens with zero attached hydrogens (tertiary/aromatic N) is 2. The van der Waals surface area contributed by atoms with Crippen molar-refractivity contribution in [2.45, 2.75) is 16.6 Å². The molecule has 0 radical (unpaired) electrons. The Morgan fingerprint density at radius 1 is 1.15 bits per heavy atom. The van der Waals surface area contributed by atoms with Gasteiger partial charge in [0.1, 0.15) is 0 Å². The summed E-state index contributed by atoms with van der Waals surface area (Å²) in [4.78, 5) is 25.3. The second kappa shape index (κ2) is 8.77. The summed E-state index contributed by atoms with van der Waals surface area (Å²) in [5.41, 5.74) is 1.46. The zero-order valence-electron chi connectivity index (χ0n) is 14.1. The predicted octanol–water partition coefficient (Wildman–Crippen LogP) is 3.07. The number of amides is 1. The van der Waals surface area contributed by atoms with Crippen LogP contribution in [0.15, 0.2) is 69.4 Å². The predicted molar refractivity (Wildman–Crippen MR) is 106 cm³/mol. The van der Waals surface area contributed by atoms with Crippen molar-refractivity contribution in [2.75, 3.05) is 17.3 Å². The highest BCUT2D eigenvalue weighted by molar-refractivity contribution is 7.99. The average molecular weight is 387 g/mol. The molecule has 1 amide bonds. The van der Waals surface area contributed by atoms with Gasteiger partial charge in [-0.1, -0.05) is 42.1 Å². The highest BCUT2D eigenvalue weighted by Crippen LogP contribution is 2.19. The summed E-state index contributed by atoms with van der Waals surface area (Å²) < 4.78 is 1.53. The van der Waals surface area contributed by atoms with Crippen molar-refractivity contribution in [3.63, 3.8) is 0 Å². The molecule has 3 aromatic rings. The van der Waals surface area contributed by atoms with E-state index in [1.165, 1.54) is 16.3 Å². The number of anilines is 1. The molecule has 0 saturated heterocycles. The highest BCUT2D eigenvalue weighted by Gasteiger charge is 2.12. The lowest BCUT2D eigenvalue weighted by atomic mass is 10.2. The second-order valence-corrected chi connectivity index (χ2v) is 7.27. The van der Waals surface area contributed by atoms with Crippen LogP contribution in [0.1, 0.15) is 5.56 Å². The third-order valence-corrected chi connectivity index (χ3v) is 5.33. The van der Waals surface area contributed by atoms with Crippen LogP contribution in [-0.2, 0) is 11.3 Å². The number of benzene rings is 2. The molecule has 0 unspecified atom stereocenters. The lowest BCUT2D eigenvalue weighted by Crippen LogP contribution is -2.19. The zero-order valence-corrected chi connectivity index (χ0v) is 15.8. The summed E-state index contributed by atoms with van der Waals surface area (Å²) in [5.74, 6) is 0.0252. The minimum atomic E-state index is -0.288. The highest BCUT2D eigenvalue weighted by atomic mass is 32.2. The molecule has 2 aromatic carbocycles. The van der Waals surface area contributed by atoms with Gasteiger partial charge in [0.2, 0.25) is 5.91 Å². The quantitative estimate of drug-likeness (QED) is 0.610. The Hall–Kier alpha value is -2.45. The number of hydrogen-bond acceptors (Lipinski definition) is 5. The summed E-state index contributed by atoms with van der Waals surface area (Å²) in [7, 11) is 0. The van der Waals surface area contributed by atoms with Crippen LogP contribution in [0.2, 0.25) is 0 Å². The van der Waals surface area contributed by atoms with E-state index in [4.69, 9.17) is 0 Å². The van der Waals surface area contributed by atoms with Gasteiger partial charge < -0.3 is 5.32 Å². The number of thioether (sulfide) groups is 2. The Labute approximate surface area is 159 Å². The fourth-order valence-electron chi connectivity index (χ4n) is 2.32. The van der Waals surface area contributed by atoms with Crippen LogP contribution in [0.3, 0.4) is 0 Å². The van der Waals surface area contributed by atoms with E-state index >= 15 is 0 Å². The molecule has 2 N–H and O–H groups in total. The van der Waals surface area contributed by atoms with E-state index in [1.54, 1.807) is 11.8 Å². The molecule has 0 aliphatic carbocycles. The SMILES string of the molecule is CSc1ccc(NC(=O)CSc2n[nH]c(=O)n2Cc2ccccc2)cc1. The molecule has 0 fully saturated rings. The monoisotopic (exact) mass is 386 g/mol. The van der Waals surface area contributed by atoms with Gasteiger partial charge in [0.05, 0.1) is 12.3 Å². The molecule has 0 aliphatic rings. The molecule has 1 aromatic heterocycles. The number of rotatable bonds is 7. The third kappa shape index (κ3) is 4.80. The van der Waals surface area contributed by atoms with Gasteiger partial charge in [0.15, 0.2) is 5.16 Å². The number of carbonyl (C=O) groups is 1. The molecule has 0 saturated carbocycles. The Kier molecular flexibility index (Phi) is 6.19. The number of nitrogens with one attached hydrogen (secondary N) is 2. The molecule has 134 valence electrons. The normalized spacial score (nSPS) is 10.7. The fraction of sp³-hybridized carbons (Fsp3) is 0.167. The Balaban J connectivity index is 1.60. The van der Waals surface area contributed by atoms with Gasteiger partial charge in [0.25, 0.3) is 0 Å². The lowest BCUT2D eigenvalue weighted by molar-refractivity contribution is -0.113. The summed E-state index contributed by atoms with van der Waals surface area (Å²) in [5, 5.41) is 9.80. The molecule has 1 heterocycles. The Bertz CT molecular complexity index is 920. The molecule has 26 heavy (non-hydrogen) atoms. The summed E-state index contributed by atoms with van der Waals surface area (Å²) in [6, 6.07) is 17.3. The first-order valence-electron chi connectivity index (χ1n) is 7.91. The third-order valence-electron chi connectivity index (χ3n) is 3.61. The van der Waals surface area contributed by atoms with E-state index in [-0.39, 0.29) is 17.3 Å². The number of aromatic amines is 1. The first-order chi connectivity index (χ1) is 12.7. The van der Waals surface area contributed by atoms with Crippen LogP contribution in [-0.4, -0.2) is 32.7 Å². The topological polar surface area (TPSA) is 79.8 Å². The van der Waals surface area contributed by atoms with Crippen LogP contribution in [0, 0.1) is 0 Å². The van der Waals surface area contributed by atoms with Crippen molar-refractivity contribution in [1.82, 2.24) is 14.8 Å². The van der Waals surface area contributed by atoms with Crippen molar-refractivity contribution in [1.29, 1.82) is 0 Å². The van der Waals surface area contributed by atoms with Crippen molar-refractivity contribution < 1.29 is 4.79 Å². The molecule has 0 atom stereocenters. The second-order valence-electron chi connectivity index (χ2n) is 5.45. The summed E-state index contributed by atoms with van der Waals surface area (Å²) in [6.45, 7) is 0.413. The van der Waals surface area contributed by atoms with Gasteiger partial charge in [0, 0.05) is 10.6 Å². The van der Waals surface area contributed by atoms with Crippen molar-refractivity contribution >= 4 is 35.1 Å². The minimum absolute atomic E-state index is 0.145. The fourth-order valence-corrected chi connectivity index (χ4v) is 3.47. The van der Waals surface area contributed by atoms with E-state index in [0.29, 0.717) is 11.7 Å². The van der Waals surface area contributed by atoms with E-state index in [1.807, 2.05) is 60.9 Å². The van der Waals surface area contributed by atoms with Gasteiger partial charge in [-0.05, 0) is 36.1 Å². The van der Waals surface area contributed by atoms with Gasteiger partial charge in [-0.25, -0.2) is 9.89 Å². The first-order valence-corrected chi connectivity index (χ1v) is 10.1. The van der Waals surface area contributed by atoms with Crippen molar-refractivity contribution in [3.8, 4) is 0 Å².